The van der Waals surface area contributed by atoms with Gasteiger partial charge in [-0.25, -0.2) is 22.5 Å². The molecule has 0 spiro atoms. The number of fused-ring (bicyclic) bond motifs is 1. The van der Waals surface area contributed by atoms with Gasteiger partial charge in [0, 0.05) is 30.9 Å². The third kappa shape index (κ3) is 4.23. The molecule has 0 bridgehead atoms. The standard InChI is InChI=1S/C20H19BFN5O3S/c21-14-12-24-27-19(11-16(26-20(14)27)13-5-1-3-7-17(13)28)23-9-10-25-31(29,30)18-8-4-2-6-15(18)22/h1-8,11-12,23,25,28H,9-10,21H2. The third-order valence-electron chi connectivity index (χ3n) is 4.68. The third-order valence-corrected chi connectivity index (χ3v) is 6.17. The van der Waals surface area contributed by atoms with Gasteiger partial charge in [-0.3, -0.25) is 0 Å². The number of nitrogens with one attached hydrogen (secondary N) is 2. The Balaban J connectivity index is 1.55. The number of halogens is 1. The van der Waals surface area contributed by atoms with Gasteiger partial charge in [-0.15, -0.1) is 0 Å². The van der Waals surface area contributed by atoms with Crippen molar-refractivity contribution in [3.05, 3.63) is 66.6 Å². The number of aromatic hydroxyl groups is 1. The van der Waals surface area contributed by atoms with E-state index in [0.29, 0.717) is 22.7 Å². The van der Waals surface area contributed by atoms with Gasteiger partial charge in [-0.1, -0.05) is 24.3 Å². The Labute approximate surface area is 179 Å². The zero-order valence-corrected chi connectivity index (χ0v) is 17.4. The minimum atomic E-state index is -3.97. The number of aromatic nitrogens is 3. The Morgan fingerprint density at radius 1 is 1.10 bits per heavy atom. The molecule has 2 aromatic heterocycles. The highest BCUT2D eigenvalue weighted by Crippen LogP contribution is 2.29. The van der Waals surface area contributed by atoms with Gasteiger partial charge in [-0.05, 0) is 29.7 Å². The van der Waals surface area contributed by atoms with Crippen molar-refractivity contribution in [1.82, 2.24) is 19.3 Å². The van der Waals surface area contributed by atoms with Crippen LogP contribution in [0.3, 0.4) is 0 Å². The molecule has 0 aliphatic heterocycles. The fraction of sp³-hybridized carbons (Fsp3) is 0.100. The molecule has 0 saturated heterocycles. The number of phenols is 1. The van der Waals surface area contributed by atoms with Crippen LogP contribution in [0.5, 0.6) is 5.75 Å². The maximum Gasteiger partial charge on any atom is 0.243 e. The lowest BCUT2D eigenvalue weighted by Crippen LogP contribution is -2.29. The number of sulfonamides is 1. The van der Waals surface area contributed by atoms with Crippen LogP contribution < -0.4 is 15.5 Å². The Bertz CT molecular complexity index is 1360. The van der Waals surface area contributed by atoms with Crippen molar-refractivity contribution in [3.63, 3.8) is 0 Å². The van der Waals surface area contributed by atoms with Crippen LogP contribution in [0.1, 0.15) is 0 Å². The molecule has 2 aromatic carbocycles. The van der Waals surface area contributed by atoms with Crippen LogP contribution in [0.25, 0.3) is 16.9 Å². The first kappa shape index (κ1) is 20.8. The van der Waals surface area contributed by atoms with Gasteiger partial charge in [0.1, 0.15) is 30.1 Å². The second-order valence-electron chi connectivity index (χ2n) is 6.86. The fourth-order valence-corrected chi connectivity index (χ4v) is 4.25. The van der Waals surface area contributed by atoms with Crippen molar-refractivity contribution in [1.29, 1.82) is 0 Å². The average Bonchev–Trinajstić information content (AvgIpc) is 3.12. The lowest BCUT2D eigenvalue weighted by atomic mass is 10.0. The molecule has 0 aliphatic carbocycles. The molecule has 0 fully saturated rings. The Morgan fingerprint density at radius 2 is 1.84 bits per heavy atom. The van der Waals surface area contributed by atoms with Crippen molar-refractivity contribution in [2.75, 3.05) is 18.4 Å². The summed E-state index contributed by atoms with van der Waals surface area (Å²) in [5.41, 5.74) is 2.56. The molecule has 0 unspecified atom stereocenters. The molecule has 0 radical (unpaired) electrons. The van der Waals surface area contributed by atoms with Crippen molar-refractivity contribution in [2.45, 2.75) is 4.90 Å². The summed E-state index contributed by atoms with van der Waals surface area (Å²) >= 11 is 0. The van der Waals surface area contributed by atoms with Crippen LogP contribution in [-0.4, -0.2) is 49.1 Å². The van der Waals surface area contributed by atoms with Gasteiger partial charge in [0.25, 0.3) is 0 Å². The van der Waals surface area contributed by atoms with Crippen molar-refractivity contribution in [3.8, 4) is 17.0 Å². The van der Waals surface area contributed by atoms with Crippen LogP contribution in [0, 0.1) is 5.82 Å². The van der Waals surface area contributed by atoms with Crippen molar-refractivity contribution >= 4 is 34.8 Å². The minimum Gasteiger partial charge on any atom is -0.507 e. The van der Waals surface area contributed by atoms with E-state index in [1.165, 1.54) is 18.2 Å². The Hall–Kier alpha value is -3.44. The molecule has 0 amide bonds. The summed E-state index contributed by atoms with van der Waals surface area (Å²) in [6.07, 6.45) is 1.67. The first-order valence-corrected chi connectivity index (χ1v) is 11.0. The number of benzene rings is 2. The lowest BCUT2D eigenvalue weighted by molar-refractivity contribution is 0.477. The number of para-hydroxylation sites is 1. The van der Waals surface area contributed by atoms with Gasteiger partial charge < -0.3 is 10.4 Å². The lowest BCUT2D eigenvalue weighted by Gasteiger charge is -2.12. The van der Waals surface area contributed by atoms with E-state index in [9.17, 15) is 17.9 Å². The average molecular weight is 439 g/mol. The summed E-state index contributed by atoms with van der Waals surface area (Å²) in [6.45, 7) is 0.235. The SMILES string of the molecule is Bc1cnn2c(NCCNS(=O)(=O)c3ccccc3F)cc(-c3ccccc3O)nc12. The number of rotatable bonds is 7. The van der Waals surface area contributed by atoms with E-state index in [1.54, 1.807) is 41.0 Å². The number of phenolic OH excluding ortho intramolecular Hbond substituents is 1. The summed E-state index contributed by atoms with van der Waals surface area (Å²) < 4.78 is 42.4. The van der Waals surface area contributed by atoms with Gasteiger partial charge >= 0.3 is 0 Å². The Morgan fingerprint density at radius 3 is 2.61 bits per heavy atom. The summed E-state index contributed by atoms with van der Waals surface area (Å²) in [5, 5.41) is 17.6. The Kier molecular flexibility index (Phi) is 5.62. The number of anilines is 1. The van der Waals surface area contributed by atoms with Crippen LogP contribution >= 0.6 is 0 Å². The molecule has 3 N–H and O–H groups in total. The predicted molar refractivity (Wildman–Crippen MR) is 118 cm³/mol. The first-order valence-electron chi connectivity index (χ1n) is 9.48. The first-order chi connectivity index (χ1) is 14.9. The molecule has 0 aliphatic rings. The molecule has 2 heterocycles. The minimum absolute atomic E-state index is 0.0205. The monoisotopic (exact) mass is 439 g/mol. The second kappa shape index (κ2) is 8.36. The van der Waals surface area contributed by atoms with E-state index in [4.69, 9.17) is 0 Å². The van der Waals surface area contributed by atoms with Crippen molar-refractivity contribution in [2.24, 2.45) is 0 Å². The molecule has 4 aromatic rings. The van der Waals surface area contributed by atoms with Crippen LogP contribution in [0.4, 0.5) is 10.2 Å². The number of hydrogen-bond donors (Lipinski definition) is 3. The smallest absolute Gasteiger partial charge is 0.243 e. The summed E-state index contributed by atoms with van der Waals surface area (Å²) in [7, 11) is -2.10. The van der Waals surface area contributed by atoms with Crippen LogP contribution in [0.2, 0.25) is 0 Å². The molecular formula is C20H19BFN5O3S. The van der Waals surface area contributed by atoms with E-state index < -0.39 is 20.7 Å². The normalized spacial score (nSPS) is 11.6. The molecule has 0 saturated carbocycles. The van der Waals surface area contributed by atoms with Gasteiger partial charge in [-0.2, -0.15) is 9.61 Å². The molecule has 0 atom stereocenters. The van der Waals surface area contributed by atoms with E-state index in [1.807, 2.05) is 7.85 Å². The molecule has 31 heavy (non-hydrogen) atoms. The maximum atomic E-state index is 13.8. The predicted octanol–water partition coefficient (Wildman–Crippen LogP) is 0.890. The fourth-order valence-electron chi connectivity index (χ4n) is 3.14. The van der Waals surface area contributed by atoms with Crippen LogP contribution in [0.15, 0.2) is 65.7 Å². The molecule has 4 rings (SSSR count). The maximum absolute atomic E-state index is 13.8. The highest BCUT2D eigenvalue weighted by Gasteiger charge is 2.18. The zero-order chi connectivity index (χ0) is 22.0. The van der Waals surface area contributed by atoms with Crippen molar-refractivity contribution < 1.29 is 17.9 Å². The summed E-state index contributed by atoms with van der Waals surface area (Å²) in [6, 6.07) is 13.8. The topological polar surface area (TPSA) is 109 Å². The number of nitrogens with zero attached hydrogens (tertiary/aromatic N) is 3. The van der Waals surface area contributed by atoms with Gasteiger partial charge in [0.15, 0.2) is 5.65 Å². The van der Waals surface area contributed by atoms with Gasteiger partial charge in [0.05, 0.1) is 5.69 Å². The molecular weight excluding hydrogens is 420 g/mol. The zero-order valence-electron chi connectivity index (χ0n) is 16.6. The van der Waals surface area contributed by atoms with E-state index in [2.05, 4.69) is 20.1 Å². The molecule has 158 valence electrons. The second-order valence-corrected chi connectivity index (χ2v) is 8.60. The summed E-state index contributed by atoms with van der Waals surface area (Å²) in [5.74, 6) is -0.139. The highest BCUT2D eigenvalue weighted by atomic mass is 32.2. The highest BCUT2D eigenvalue weighted by molar-refractivity contribution is 7.89. The molecule has 8 nitrogen and oxygen atoms in total. The van der Waals surface area contributed by atoms with Gasteiger partial charge in [0.2, 0.25) is 10.0 Å². The quantitative estimate of drug-likeness (QED) is 0.292. The largest absolute Gasteiger partial charge is 0.507 e. The van der Waals surface area contributed by atoms with E-state index in [0.717, 1.165) is 11.5 Å². The van der Waals surface area contributed by atoms with E-state index >= 15 is 0 Å². The van der Waals surface area contributed by atoms with Crippen LogP contribution in [-0.2, 0) is 10.0 Å². The molecule has 11 heteroatoms. The van der Waals surface area contributed by atoms with E-state index in [-0.39, 0.29) is 18.8 Å². The number of hydrogen-bond acceptors (Lipinski definition) is 6. The summed E-state index contributed by atoms with van der Waals surface area (Å²) in [4.78, 5) is 4.19.